The van der Waals surface area contributed by atoms with Gasteiger partial charge in [-0.2, -0.15) is 0 Å². The minimum Gasteiger partial charge on any atom is -0.507 e. The van der Waals surface area contributed by atoms with Gasteiger partial charge in [-0.15, -0.1) is 0 Å². The third-order valence-corrected chi connectivity index (χ3v) is 7.54. The number of ketones is 1. The van der Waals surface area contributed by atoms with E-state index in [0.29, 0.717) is 63.9 Å². The predicted octanol–water partition coefficient (Wildman–Crippen LogP) is 5.75. The van der Waals surface area contributed by atoms with E-state index in [1.165, 1.54) is 16.2 Å². The standard InChI is InChI=1S/C28H21ClN2O6S/c1-2-35-18-7-8-19-22(14-18)38-28(30-19)31-24(15-4-3-5-17(29)12-15)23(26(33)27(31)34)25(32)16-6-9-20-21(13-16)37-11-10-36-20/h3-9,12-14,24,32H,2,10-11H2,1H3/b25-23-. The number of hydrogen-bond acceptors (Lipinski definition) is 8. The van der Waals surface area contributed by atoms with Crippen molar-refractivity contribution < 1.29 is 28.9 Å². The van der Waals surface area contributed by atoms with E-state index in [4.69, 9.17) is 25.8 Å². The molecule has 0 saturated carbocycles. The number of amides is 1. The molecule has 1 saturated heterocycles. The van der Waals surface area contributed by atoms with Gasteiger partial charge in [0.15, 0.2) is 16.6 Å². The number of benzene rings is 3. The van der Waals surface area contributed by atoms with Gasteiger partial charge in [0.25, 0.3) is 5.78 Å². The fraction of sp³-hybridized carbons (Fsp3) is 0.179. The highest BCUT2D eigenvalue weighted by molar-refractivity contribution is 7.22. The summed E-state index contributed by atoms with van der Waals surface area (Å²) in [4.78, 5) is 32.9. The number of carbonyl (C=O) groups is 2. The first kappa shape index (κ1) is 24.3. The monoisotopic (exact) mass is 548 g/mol. The third kappa shape index (κ3) is 4.13. The van der Waals surface area contributed by atoms with Crippen LogP contribution in [0.15, 0.2) is 66.2 Å². The molecule has 3 aromatic carbocycles. The van der Waals surface area contributed by atoms with Gasteiger partial charge in [-0.05, 0) is 61.0 Å². The Bertz CT molecular complexity index is 1630. The molecule has 1 N–H and O–H groups in total. The minimum atomic E-state index is -0.950. The minimum absolute atomic E-state index is 0.0665. The fourth-order valence-electron chi connectivity index (χ4n) is 4.62. The summed E-state index contributed by atoms with van der Waals surface area (Å²) in [6.07, 6.45) is 0. The van der Waals surface area contributed by atoms with Crippen molar-refractivity contribution >= 4 is 55.7 Å². The smallest absolute Gasteiger partial charge is 0.301 e. The molecule has 1 fully saturated rings. The summed E-state index contributed by atoms with van der Waals surface area (Å²) in [5, 5.41) is 12.2. The molecule has 6 rings (SSSR count). The maximum absolute atomic E-state index is 13.5. The molecule has 2 aliphatic heterocycles. The fourth-order valence-corrected chi connectivity index (χ4v) is 5.84. The summed E-state index contributed by atoms with van der Waals surface area (Å²) in [5.74, 6) is -0.268. The molecule has 192 valence electrons. The Kier molecular flexibility index (Phi) is 6.17. The largest absolute Gasteiger partial charge is 0.507 e. The summed E-state index contributed by atoms with van der Waals surface area (Å²) in [7, 11) is 0. The van der Waals surface area contributed by atoms with E-state index in [9.17, 15) is 14.7 Å². The zero-order valence-electron chi connectivity index (χ0n) is 20.1. The lowest BCUT2D eigenvalue weighted by atomic mass is 9.95. The average Bonchev–Trinajstić information content (AvgIpc) is 3.46. The topological polar surface area (TPSA) is 98.2 Å². The Morgan fingerprint density at radius 2 is 1.92 bits per heavy atom. The molecule has 2 aliphatic rings. The molecular weight excluding hydrogens is 528 g/mol. The van der Waals surface area contributed by atoms with E-state index in [0.717, 1.165) is 4.70 Å². The number of fused-ring (bicyclic) bond motifs is 2. The lowest BCUT2D eigenvalue weighted by Crippen LogP contribution is -2.29. The van der Waals surface area contributed by atoms with E-state index in [1.807, 2.05) is 13.0 Å². The predicted molar refractivity (Wildman–Crippen MR) is 144 cm³/mol. The molecule has 0 aliphatic carbocycles. The number of aromatic nitrogens is 1. The summed E-state index contributed by atoms with van der Waals surface area (Å²) in [5.41, 5.74) is 1.48. The van der Waals surface area contributed by atoms with E-state index in [2.05, 4.69) is 4.98 Å². The van der Waals surface area contributed by atoms with Crippen LogP contribution in [0.4, 0.5) is 5.13 Å². The maximum atomic E-state index is 13.5. The van der Waals surface area contributed by atoms with Gasteiger partial charge < -0.3 is 19.3 Å². The molecule has 1 atom stereocenters. The highest BCUT2D eigenvalue weighted by atomic mass is 35.5. The molecule has 1 amide bonds. The van der Waals surface area contributed by atoms with E-state index >= 15 is 0 Å². The lowest BCUT2D eigenvalue weighted by molar-refractivity contribution is -0.132. The zero-order valence-corrected chi connectivity index (χ0v) is 21.7. The summed E-state index contributed by atoms with van der Waals surface area (Å²) >= 11 is 7.56. The summed E-state index contributed by atoms with van der Waals surface area (Å²) < 4.78 is 17.6. The second-order valence-electron chi connectivity index (χ2n) is 8.64. The van der Waals surface area contributed by atoms with Crippen LogP contribution in [0.5, 0.6) is 17.2 Å². The van der Waals surface area contributed by atoms with Crippen LogP contribution in [0.1, 0.15) is 24.1 Å². The van der Waals surface area contributed by atoms with Crippen LogP contribution >= 0.6 is 22.9 Å². The number of thiazole rings is 1. The van der Waals surface area contributed by atoms with Gasteiger partial charge in [-0.25, -0.2) is 4.98 Å². The van der Waals surface area contributed by atoms with Crippen molar-refractivity contribution in [2.75, 3.05) is 24.7 Å². The lowest BCUT2D eigenvalue weighted by Gasteiger charge is -2.23. The first-order valence-corrected chi connectivity index (χ1v) is 13.1. The molecule has 0 radical (unpaired) electrons. The number of anilines is 1. The number of carbonyl (C=O) groups excluding carboxylic acids is 2. The first-order valence-electron chi connectivity index (χ1n) is 11.9. The Morgan fingerprint density at radius 3 is 2.71 bits per heavy atom. The molecule has 1 unspecified atom stereocenters. The maximum Gasteiger partial charge on any atom is 0.301 e. The average molecular weight is 549 g/mol. The number of aliphatic hydroxyl groups is 1. The normalized spacial score (nSPS) is 18.3. The van der Waals surface area contributed by atoms with Crippen LogP contribution in [-0.4, -0.2) is 41.6 Å². The van der Waals surface area contributed by atoms with Gasteiger partial charge in [0.2, 0.25) is 0 Å². The highest BCUT2D eigenvalue weighted by Gasteiger charge is 2.48. The van der Waals surface area contributed by atoms with Gasteiger partial charge in [0, 0.05) is 10.6 Å². The van der Waals surface area contributed by atoms with Crippen LogP contribution in [0.3, 0.4) is 0 Å². The van der Waals surface area contributed by atoms with Crippen LogP contribution in [0.25, 0.3) is 16.0 Å². The molecule has 8 nitrogen and oxygen atoms in total. The number of ether oxygens (including phenoxy) is 3. The van der Waals surface area contributed by atoms with Crippen molar-refractivity contribution in [1.82, 2.24) is 4.98 Å². The van der Waals surface area contributed by atoms with Crippen molar-refractivity contribution in [2.24, 2.45) is 0 Å². The van der Waals surface area contributed by atoms with Crippen LogP contribution in [0, 0.1) is 0 Å². The zero-order chi connectivity index (χ0) is 26.4. The van der Waals surface area contributed by atoms with Gasteiger partial charge in [0.1, 0.15) is 24.7 Å². The van der Waals surface area contributed by atoms with Gasteiger partial charge in [-0.3, -0.25) is 14.5 Å². The Labute approximate surface area is 226 Å². The van der Waals surface area contributed by atoms with E-state index in [-0.39, 0.29) is 11.3 Å². The second-order valence-corrected chi connectivity index (χ2v) is 10.1. The molecule has 0 bridgehead atoms. The van der Waals surface area contributed by atoms with Crippen molar-refractivity contribution in [1.29, 1.82) is 0 Å². The van der Waals surface area contributed by atoms with E-state index in [1.54, 1.807) is 54.6 Å². The quantitative estimate of drug-likeness (QED) is 0.193. The Hall–Kier alpha value is -4.08. The Balaban J connectivity index is 1.51. The number of hydrogen-bond donors (Lipinski definition) is 1. The van der Waals surface area contributed by atoms with Gasteiger partial charge in [0.05, 0.1) is 28.4 Å². The van der Waals surface area contributed by atoms with Crippen molar-refractivity contribution in [3.63, 3.8) is 0 Å². The number of nitrogens with zero attached hydrogens (tertiary/aromatic N) is 2. The molecular formula is C28H21ClN2O6S. The van der Waals surface area contributed by atoms with Crippen molar-refractivity contribution in [3.8, 4) is 17.2 Å². The first-order chi connectivity index (χ1) is 18.4. The second kappa shape index (κ2) is 9.66. The molecule has 4 aromatic rings. The van der Waals surface area contributed by atoms with E-state index < -0.39 is 17.7 Å². The third-order valence-electron chi connectivity index (χ3n) is 6.29. The van der Waals surface area contributed by atoms with Gasteiger partial charge >= 0.3 is 5.91 Å². The Morgan fingerprint density at radius 1 is 1.11 bits per heavy atom. The number of Topliss-reactive ketones (excluding diaryl/α,β-unsaturated/α-hetero) is 1. The molecule has 0 spiro atoms. The number of aliphatic hydroxyl groups excluding tert-OH is 1. The summed E-state index contributed by atoms with van der Waals surface area (Å²) in [6.45, 7) is 3.20. The van der Waals surface area contributed by atoms with Crippen molar-refractivity contribution in [3.05, 3.63) is 82.4 Å². The number of halogens is 1. The summed E-state index contributed by atoms with van der Waals surface area (Å²) in [6, 6.07) is 16.2. The van der Waals surface area contributed by atoms with Crippen molar-refractivity contribution in [2.45, 2.75) is 13.0 Å². The van der Waals surface area contributed by atoms with Gasteiger partial charge in [-0.1, -0.05) is 35.1 Å². The molecule has 3 heterocycles. The van der Waals surface area contributed by atoms with Crippen LogP contribution in [0.2, 0.25) is 5.02 Å². The number of rotatable bonds is 5. The molecule has 1 aromatic heterocycles. The van der Waals surface area contributed by atoms with Crippen LogP contribution < -0.4 is 19.1 Å². The molecule has 38 heavy (non-hydrogen) atoms. The molecule has 10 heteroatoms. The van der Waals surface area contributed by atoms with Crippen LogP contribution in [-0.2, 0) is 9.59 Å². The highest BCUT2D eigenvalue weighted by Crippen LogP contribution is 2.45. The SMILES string of the molecule is CCOc1ccc2nc(N3C(=O)C(=O)/C(=C(\O)c4ccc5c(c4)OCCO5)C3c3cccc(Cl)c3)sc2c1.